The maximum atomic E-state index is 14.2. The van der Waals surface area contributed by atoms with Gasteiger partial charge in [-0.15, -0.1) is 0 Å². The van der Waals surface area contributed by atoms with Gasteiger partial charge in [0, 0.05) is 35.4 Å². The number of carbonyl (C=O) groups is 2. The molecular weight excluding hydrogens is 630 g/mol. The molecule has 1 aliphatic rings. The zero-order chi connectivity index (χ0) is 33.8. The van der Waals surface area contributed by atoms with Crippen molar-refractivity contribution in [1.82, 2.24) is 9.13 Å². The van der Waals surface area contributed by atoms with E-state index in [9.17, 15) is 14.4 Å². The number of esters is 2. The molecule has 0 saturated heterocycles. The van der Waals surface area contributed by atoms with Crippen molar-refractivity contribution in [3.63, 3.8) is 0 Å². The first-order valence-corrected chi connectivity index (χ1v) is 16.5. The summed E-state index contributed by atoms with van der Waals surface area (Å²) < 4.78 is 25.9. The number of para-hydroxylation sites is 1. The molecule has 0 radical (unpaired) electrons. The quantitative estimate of drug-likeness (QED) is 0.183. The Hall–Kier alpha value is -5.42. The van der Waals surface area contributed by atoms with Gasteiger partial charge in [-0.25, -0.2) is 14.6 Å². The summed E-state index contributed by atoms with van der Waals surface area (Å²) in [4.78, 5) is 44.3. The fourth-order valence-corrected chi connectivity index (χ4v) is 6.77. The van der Waals surface area contributed by atoms with Gasteiger partial charge in [-0.3, -0.25) is 9.36 Å². The molecule has 0 saturated carbocycles. The van der Waals surface area contributed by atoms with Crippen LogP contribution < -0.4 is 24.4 Å². The fraction of sp³-hybridized carbons (Fsp3) is 0.243. The fourth-order valence-electron chi connectivity index (χ4n) is 5.81. The van der Waals surface area contributed by atoms with Crippen molar-refractivity contribution in [2.75, 3.05) is 26.9 Å². The van der Waals surface area contributed by atoms with Crippen LogP contribution in [0.4, 0.5) is 0 Å². The minimum atomic E-state index is -0.787. The van der Waals surface area contributed by atoms with Crippen molar-refractivity contribution in [3.05, 3.63) is 127 Å². The molecule has 1 atom stereocenters. The van der Waals surface area contributed by atoms with Crippen LogP contribution in [0.5, 0.6) is 11.5 Å². The van der Waals surface area contributed by atoms with E-state index in [2.05, 4.69) is 9.56 Å². The highest BCUT2D eigenvalue weighted by Crippen LogP contribution is 2.35. The van der Waals surface area contributed by atoms with Gasteiger partial charge in [0.15, 0.2) is 16.3 Å². The molecule has 5 aromatic rings. The summed E-state index contributed by atoms with van der Waals surface area (Å²) in [5.74, 6) is 0.162. The van der Waals surface area contributed by atoms with Gasteiger partial charge in [-0.1, -0.05) is 47.7 Å². The first-order valence-electron chi connectivity index (χ1n) is 15.7. The van der Waals surface area contributed by atoms with Crippen LogP contribution in [0.2, 0.25) is 0 Å². The Morgan fingerprint density at radius 2 is 1.67 bits per heavy atom. The Labute approximate surface area is 280 Å². The molecule has 246 valence electrons. The predicted octanol–water partition coefficient (Wildman–Crippen LogP) is 5.00. The molecule has 1 aliphatic heterocycles. The lowest BCUT2D eigenvalue weighted by atomic mass is 9.97. The molecule has 0 bridgehead atoms. The van der Waals surface area contributed by atoms with Gasteiger partial charge < -0.3 is 23.5 Å². The first-order chi connectivity index (χ1) is 23.4. The number of thiazole rings is 1. The average molecular weight is 666 g/mol. The zero-order valence-electron chi connectivity index (χ0n) is 27.1. The number of hydrogen-bond acceptors (Lipinski definition) is 9. The van der Waals surface area contributed by atoms with Crippen LogP contribution in [-0.4, -0.2) is 48.0 Å². The predicted molar refractivity (Wildman–Crippen MR) is 183 cm³/mol. The second-order valence-corrected chi connectivity index (χ2v) is 11.9. The van der Waals surface area contributed by atoms with Crippen LogP contribution >= 0.6 is 11.3 Å². The second-order valence-electron chi connectivity index (χ2n) is 10.9. The topological polar surface area (TPSA) is 110 Å². The largest absolute Gasteiger partial charge is 0.490 e. The molecule has 10 nitrogen and oxygen atoms in total. The van der Waals surface area contributed by atoms with E-state index in [0.29, 0.717) is 58.3 Å². The van der Waals surface area contributed by atoms with Crippen molar-refractivity contribution in [2.24, 2.45) is 4.99 Å². The second kappa shape index (κ2) is 14.1. The van der Waals surface area contributed by atoms with Crippen molar-refractivity contribution < 1.29 is 28.5 Å². The van der Waals surface area contributed by atoms with E-state index in [0.717, 1.165) is 22.0 Å². The number of nitrogens with zero attached hydrogens (tertiary/aromatic N) is 3. The molecule has 48 heavy (non-hydrogen) atoms. The molecule has 11 heteroatoms. The van der Waals surface area contributed by atoms with E-state index in [1.54, 1.807) is 35.8 Å². The highest BCUT2D eigenvalue weighted by molar-refractivity contribution is 7.07. The number of benzene rings is 3. The highest BCUT2D eigenvalue weighted by Gasteiger charge is 2.31. The molecule has 2 aromatic heterocycles. The van der Waals surface area contributed by atoms with Gasteiger partial charge in [0.2, 0.25) is 0 Å². The normalized spacial score (nSPS) is 14.2. The molecule has 0 N–H and O–H groups in total. The molecule has 0 fully saturated rings. The Morgan fingerprint density at radius 3 is 2.40 bits per heavy atom. The van der Waals surface area contributed by atoms with E-state index in [-0.39, 0.29) is 17.1 Å². The minimum absolute atomic E-state index is 0.230. The summed E-state index contributed by atoms with van der Waals surface area (Å²) in [5.41, 5.74) is 3.97. The third-order valence-corrected chi connectivity index (χ3v) is 8.93. The van der Waals surface area contributed by atoms with Crippen molar-refractivity contribution in [1.29, 1.82) is 0 Å². The van der Waals surface area contributed by atoms with E-state index in [1.165, 1.54) is 24.6 Å². The Balaban J connectivity index is 1.42. The molecular formula is C37H35N3O7S. The molecule has 0 unspecified atom stereocenters. The van der Waals surface area contributed by atoms with E-state index >= 15 is 0 Å². The summed E-state index contributed by atoms with van der Waals surface area (Å²) in [7, 11) is 1.31. The molecule has 0 amide bonds. The third kappa shape index (κ3) is 6.28. The van der Waals surface area contributed by atoms with Gasteiger partial charge in [0.1, 0.15) is 0 Å². The van der Waals surface area contributed by atoms with Crippen LogP contribution in [-0.2, 0) is 20.8 Å². The molecule has 6 rings (SSSR count). The first kappa shape index (κ1) is 32.5. The van der Waals surface area contributed by atoms with Gasteiger partial charge in [0.05, 0.1) is 48.6 Å². The van der Waals surface area contributed by atoms with Gasteiger partial charge in [-0.05, 0) is 68.3 Å². The summed E-state index contributed by atoms with van der Waals surface area (Å²) in [6, 6.07) is 20.0. The number of methoxy groups -OCH3 is 1. The molecule has 3 heterocycles. The lowest BCUT2D eigenvalue weighted by Gasteiger charge is -2.23. The van der Waals surface area contributed by atoms with Crippen LogP contribution in [0.1, 0.15) is 53.9 Å². The van der Waals surface area contributed by atoms with Crippen molar-refractivity contribution in [3.8, 4) is 11.5 Å². The van der Waals surface area contributed by atoms with Crippen molar-refractivity contribution in [2.45, 2.75) is 33.4 Å². The molecule has 0 spiro atoms. The number of aromatic nitrogens is 2. The van der Waals surface area contributed by atoms with E-state index < -0.39 is 12.0 Å². The van der Waals surface area contributed by atoms with Crippen LogP contribution in [0.25, 0.3) is 17.0 Å². The monoisotopic (exact) mass is 665 g/mol. The minimum Gasteiger partial charge on any atom is -0.490 e. The smallest absolute Gasteiger partial charge is 0.338 e. The summed E-state index contributed by atoms with van der Waals surface area (Å²) in [6.45, 7) is 7.30. The van der Waals surface area contributed by atoms with Crippen molar-refractivity contribution >= 4 is 40.3 Å². The Bertz CT molecular complexity index is 2210. The number of fused-ring (bicyclic) bond motifs is 2. The summed E-state index contributed by atoms with van der Waals surface area (Å²) in [5, 5.41) is 0.978. The highest BCUT2D eigenvalue weighted by atomic mass is 32.1. The van der Waals surface area contributed by atoms with Crippen LogP contribution in [0, 0.1) is 0 Å². The third-order valence-electron chi connectivity index (χ3n) is 7.93. The summed E-state index contributed by atoms with van der Waals surface area (Å²) in [6.07, 6.45) is 5.36. The number of ether oxygens (including phenoxy) is 4. The van der Waals surface area contributed by atoms with Gasteiger partial charge >= 0.3 is 11.9 Å². The lowest BCUT2D eigenvalue weighted by Crippen LogP contribution is -2.39. The van der Waals surface area contributed by atoms with Crippen LogP contribution in [0.3, 0.4) is 0 Å². The lowest BCUT2D eigenvalue weighted by molar-refractivity contribution is -0.136. The Kier molecular flexibility index (Phi) is 9.58. The zero-order valence-corrected chi connectivity index (χ0v) is 27.9. The van der Waals surface area contributed by atoms with Gasteiger partial charge in [-0.2, -0.15) is 0 Å². The molecule has 0 aliphatic carbocycles. The SMILES string of the molecule is CCOC(=O)c1ccc(Cn2cc(/C=c3/sc4n(c3=O)[C@H](c3ccc(OCC)c(OCC)c3)C(C(=O)OC)=CN=4)c3ccccc32)cc1. The maximum Gasteiger partial charge on any atom is 0.338 e. The number of rotatable bonds is 11. The van der Waals surface area contributed by atoms with Gasteiger partial charge in [0.25, 0.3) is 5.56 Å². The summed E-state index contributed by atoms with van der Waals surface area (Å²) >= 11 is 1.25. The number of hydrogen-bond donors (Lipinski definition) is 0. The Morgan fingerprint density at radius 1 is 0.917 bits per heavy atom. The van der Waals surface area contributed by atoms with E-state index in [4.69, 9.17) is 18.9 Å². The number of carbonyl (C=O) groups excluding carboxylic acids is 2. The van der Waals surface area contributed by atoms with E-state index in [1.807, 2.05) is 68.6 Å². The molecule has 3 aromatic carbocycles. The average Bonchev–Trinajstić information content (AvgIpc) is 3.61. The standard InChI is InChI=1S/C37H35N3O7S/c1-5-45-30-17-16-25(18-31(30)46-6-2)33-28(36(43)44-4)20-38-37-40(33)34(41)32(48-37)19-26-22-39(29-11-9-8-10-27(26)29)21-23-12-14-24(15-13-23)35(42)47-7-3/h8-20,22,33H,5-7,21H2,1-4H3/b32-19+/t33-/m1/s1. The maximum absolute atomic E-state index is 14.2. The van der Waals surface area contributed by atoms with Crippen LogP contribution in [0.15, 0.2) is 94.5 Å².